The Morgan fingerprint density at radius 3 is 1.82 bits per heavy atom. The molecule has 0 N–H and O–H groups in total. The molecule has 4 aromatic rings. The summed E-state index contributed by atoms with van der Waals surface area (Å²) in [6.45, 7) is 2.89. The van der Waals surface area contributed by atoms with E-state index in [9.17, 15) is 4.79 Å². The summed E-state index contributed by atoms with van der Waals surface area (Å²) in [5.74, 6) is 2.07. The second kappa shape index (κ2) is 11.1. The molecule has 6 rings (SSSR count). The molecule has 8 heteroatoms. The molecule has 194 valence electrons. The Kier molecular flexibility index (Phi) is 7.08. The van der Waals surface area contributed by atoms with Gasteiger partial charge >= 0.3 is 5.97 Å². The van der Waals surface area contributed by atoms with Gasteiger partial charge in [0.2, 0.25) is 0 Å². The molecule has 0 bridgehead atoms. The summed E-state index contributed by atoms with van der Waals surface area (Å²) in [6, 6.07) is 25.5. The molecular formula is C30H26O8. The zero-order valence-electron chi connectivity index (χ0n) is 20.5. The van der Waals surface area contributed by atoms with Crippen molar-refractivity contribution >= 4 is 16.7 Å². The Labute approximate surface area is 219 Å². The van der Waals surface area contributed by atoms with Gasteiger partial charge in [-0.15, -0.1) is 0 Å². The van der Waals surface area contributed by atoms with Crippen LogP contribution in [0.25, 0.3) is 10.8 Å². The van der Waals surface area contributed by atoms with Crippen molar-refractivity contribution in [3.8, 4) is 23.0 Å². The van der Waals surface area contributed by atoms with Crippen LogP contribution in [0.3, 0.4) is 0 Å². The lowest BCUT2D eigenvalue weighted by Gasteiger charge is -2.09. The largest absolute Gasteiger partial charge is 0.491 e. The number of epoxide rings is 2. The zero-order chi connectivity index (χ0) is 25.7. The first-order valence-corrected chi connectivity index (χ1v) is 12.4. The van der Waals surface area contributed by atoms with E-state index >= 15 is 0 Å². The molecule has 2 aliphatic rings. The highest BCUT2D eigenvalue weighted by Gasteiger charge is 2.23. The predicted octanol–water partition coefficient (Wildman–Crippen LogP) is 5.12. The van der Waals surface area contributed by atoms with Crippen LogP contribution < -0.4 is 19.1 Å². The van der Waals surface area contributed by atoms with Crippen LogP contribution in [0, 0.1) is 0 Å². The number of hydrogen-bond donors (Lipinski definition) is 0. The van der Waals surface area contributed by atoms with Crippen molar-refractivity contribution in [3.05, 3.63) is 96.1 Å². The highest BCUT2D eigenvalue weighted by molar-refractivity contribution is 5.92. The molecule has 4 aromatic carbocycles. The van der Waals surface area contributed by atoms with Crippen molar-refractivity contribution in [2.75, 3.05) is 26.4 Å². The normalized spacial score (nSPS) is 17.6. The predicted molar refractivity (Wildman–Crippen MR) is 138 cm³/mol. The molecule has 2 atom stereocenters. The van der Waals surface area contributed by atoms with Gasteiger partial charge in [-0.3, -0.25) is 0 Å². The van der Waals surface area contributed by atoms with Crippen LogP contribution in [0.4, 0.5) is 0 Å². The van der Waals surface area contributed by atoms with Gasteiger partial charge in [0, 0.05) is 0 Å². The fraction of sp³-hybridized carbons (Fsp3) is 0.233. The van der Waals surface area contributed by atoms with Crippen LogP contribution in [0.15, 0.2) is 84.9 Å². The summed E-state index contributed by atoms with van der Waals surface area (Å²) in [4.78, 5) is 23.5. The second-order valence-corrected chi connectivity index (χ2v) is 9.11. The van der Waals surface area contributed by atoms with Crippen molar-refractivity contribution in [1.29, 1.82) is 0 Å². The molecule has 0 aliphatic carbocycles. The number of rotatable bonds is 12. The van der Waals surface area contributed by atoms with Crippen LogP contribution in [0.1, 0.15) is 15.9 Å². The SMILES string of the molecule is O=C(Oc1ccc2cc(OOCc3ccc(OCC4CO4)cc3)ccc2c1)c1ccc(OCC2CO2)cc1. The van der Waals surface area contributed by atoms with Crippen LogP contribution in [0.2, 0.25) is 0 Å². The third kappa shape index (κ3) is 6.60. The number of carbonyl (C=O) groups is 1. The first-order valence-electron chi connectivity index (χ1n) is 12.4. The maximum Gasteiger partial charge on any atom is 0.343 e. The molecule has 2 fully saturated rings. The summed E-state index contributed by atoms with van der Waals surface area (Å²) in [6.07, 6.45) is 0.408. The summed E-state index contributed by atoms with van der Waals surface area (Å²) in [5, 5.41) is 1.83. The summed E-state index contributed by atoms with van der Waals surface area (Å²) < 4.78 is 27.1. The van der Waals surface area contributed by atoms with E-state index in [1.54, 1.807) is 36.4 Å². The highest BCUT2D eigenvalue weighted by atomic mass is 17.2. The van der Waals surface area contributed by atoms with Gasteiger partial charge in [0.25, 0.3) is 0 Å². The molecule has 38 heavy (non-hydrogen) atoms. The molecule has 2 heterocycles. The number of esters is 1. The topological polar surface area (TPSA) is 88.3 Å². The number of carbonyl (C=O) groups excluding carboxylic acids is 1. The minimum absolute atomic E-state index is 0.180. The fourth-order valence-electron chi connectivity index (χ4n) is 3.72. The van der Waals surface area contributed by atoms with Gasteiger partial charge in [-0.05, 0) is 77.0 Å². The molecule has 0 radical (unpaired) electrons. The number of hydrogen-bond acceptors (Lipinski definition) is 8. The Hall–Kier alpha value is -4.11. The molecule has 2 saturated heterocycles. The van der Waals surface area contributed by atoms with Gasteiger partial charge in [-0.1, -0.05) is 24.3 Å². The third-order valence-electron chi connectivity index (χ3n) is 6.06. The monoisotopic (exact) mass is 514 g/mol. The molecular weight excluding hydrogens is 488 g/mol. The van der Waals surface area contributed by atoms with E-state index < -0.39 is 5.97 Å². The molecule has 2 aliphatic heterocycles. The van der Waals surface area contributed by atoms with Crippen molar-refractivity contribution in [2.24, 2.45) is 0 Å². The molecule has 2 unspecified atom stereocenters. The maximum atomic E-state index is 12.6. The Balaban J connectivity index is 0.995. The standard InChI is InChI=1S/C30H26O8/c31-30(21-3-9-25(10-4-21)33-17-29-19-35-29)37-26-11-5-23-14-27(12-6-22(23)13-26)38-36-15-20-1-7-24(8-2-20)32-16-28-18-34-28/h1-14,28-29H,15-19H2. The lowest BCUT2D eigenvalue weighted by atomic mass is 10.1. The third-order valence-corrected chi connectivity index (χ3v) is 6.06. The van der Waals surface area contributed by atoms with Gasteiger partial charge < -0.3 is 28.6 Å². The Bertz CT molecular complexity index is 1390. The van der Waals surface area contributed by atoms with E-state index in [-0.39, 0.29) is 12.2 Å². The number of benzene rings is 4. The quantitative estimate of drug-likeness (QED) is 0.0846. The second-order valence-electron chi connectivity index (χ2n) is 9.11. The van der Waals surface area contributed by atoms with E-state index in [2.05, 4.69) is 0 Å². The van der Waals surface area contributed by atoms with Gasteiger partial charge in [0.1, 0.15) is 49.3 Å². The molecule has 0 saturated carbocycles. The van der Waals surface area contributed by atoms with Crippen molar-refractivity contribution in [1.82, 2.24) is 0 Å². The first-order chi connectivity index (χ1) is 18.7. The van der Waals surface area contributed by atoms with E-state index in [0.717, 1.165) is 35.3 Å². The van der Waals surface area contributed by atoms with Gasteiger partial charge in [-0.2, -0.15) is 4.89 Å². The van der Waals surface area contributed by atoms with Crippen LogP contribution in [0.5, 0.6) is 23.0 Å². The minimum atomic E-state index is -0.439. The Morgan fingerprint density at radius 1 is 0.684 bits per heavy atom. The zero-order valence-corrected chi connectivity index (χ0v) is 20.5. The Morgan fingerprint density at radius 2 is 1.21 bits per heavy atom. The lowest BCUT2D eigenvalue weighted by Crippen LogP contribution is -2.09. The fourth-order valence-corrected chi connectivity index (χ4v) is 3.72. The van der Waals surface area contributed by atoms with Gasteiger partial charge in [0.15, 0.2) is 5.75 Å². The molecule has 0 amide bonds. The first kappa shape index (κ1) is 24.2. The van der Waals surface area contributed by atoms with E-state index in [0.29, 0.717) is 42.6 Å². The average Bonchev–Trinajstić information content (AvgIpc) is 3.87. The highest BCUT2D eigenvalue weighted by Crippen LogP contribution is 2.26. The van der Waals surface area contributed by atoms with Crippen molar-refractivity contribution in [2.45, 2.75) is 18.8 Å². The molecule has 0 spiro atoms. The van der Waals surface area contributed by atoms with Crippen molar-refractivity contribution in [3.63, 3.8) is 0 Å². The van der Waals surface area contributed by atoms with Gasteiger partial charge in [0.05, 0.1) is 18.8 Å². The van der Waals surface area contributed by atoms with E-state index in [1.165, 1.54) is 0 Å². The smallest absolute Gasteiger partial charge is 0.343 e. The van der Waals surface area contributed by atoms with Crippen LogP contribution in [-0.4, -0.2) is 44.6 Å². The molecule has 0 aromatic heterocycles. The van der Waals surface area contributed by atoms with E-state index in [1.807, 2.05) is 48.5 Å². The maximum absolute atomic E-state index is 12.6. The van der Waals surface area contributed by atoms with Crippen molar-refractivity contribution < 1.29 is 38.3 Å². The van der Waals surface area contributed by atoms with Crippen LogP contribution >= 0.6 is 0 Å². The van der Waals surface area contributed by atoms with E-state index in [4.69, 9.17) is 33.5 Å². The lowest BCUT2D eigenvalue weighted by molar-refractivity contribution is -0.217. The summed E-state index contributed by atoms with van der Waals surface area (Å²) in [7, 11) is 0. The molecule has 8 nitrogen and oxygen atoms in total. The average molecular weight is 515 g/mol. The number of fused-ring (bicyclic) bond motifs is 1. The minimum Gasteiger partial charge on any atom is -0.491 e. The number of ether oxygens (including phenoxy) is 5. The van der Waals surface area contributed by atoms with Gasteiger partial charge in [-0.25, -0.2) is 4.79 Å². The summed E-state index contributed by atoms with van der Waals surface area (Å²) in [5.41, 5.74) is 1.40. The summed E-state index contributed by atoms with van der Waals surface area (Å²) >= 11 is 0. The van der Waals surface area contributed by atoms with Crippen LogP contribution in [-0.2, 0) is 21.0 Å².